The minimum Gasteiger partial charge on any atom is -0.256 e. The summed E-state index contributed by atoms with van der Waals surface area (Å²) in [5.41, 5.74) is 6.23. The van der Waals surface area contributed by atoms with E-state index in [2.05, 4.69) is 55.3 Å². The molecule has 0 saturated carbocycles. The molecule has 0 amide bonds. The molecule has 1 nitrogen and oxygen atoms in total. The largest absolute Gasteiger partial charge is 0.256 e. The summed E-state index contributed by atoms with van der Waals surface area (Å²) < 4.78 is 0. The Labute approximate surface area is 126 Å². The van der Waals surface area contributed by atoms with E-state index in [4.69, 9.17) is 0 Å². The molecule has 0 radical (unpaired) electrons. The molecule has 21 heavy (non-hydrogen) atoms. The van der Waals surface area contributed by atoms with Crippen LogP contribution in [0, 0.1) is 0 Å². The summed E-state index contributed by atoms with van der Waals surface area (Å²) in [6.07, 6.45) is 6.56. The minimum atomic E-state index is 0.378. The minimum absolute atomic E-state index is 0.378. The van der Waals surface area contributed by atoms with Crippen molar-refractivity contribution < 1.29 is 0 Å². The van der Waals surface area contributed by atoms with E-state index in [1.807, 2.05) is 36.5 Å². The summed E-state index contributed by atoms with van der Waals surface area (Å²) in [7, 11) is 0. The van der Waals surface area contributed by atoms with Crippen LogP contribution < -0.4 is 0 Å². The van der Waals surface area contributed by atoms with Crippen molar-refractivity contribution in [1.29, 1.82) is 0 Å². The Morgan fingerprint density at radius 1 is 0.905 bits per heavy atom. The Hall–Kier alpha value is -2.41. The number of para-hydroxylation sites is 1. The summed E-state index contributed by atoms with van der Waals surface area (Å²) >= 11 is 0. The third kappa shape index (κ3) is 3.03. The maximum absolute atomic E-state index is 4.59. The maximum Gasteiger partial charge on any atom is 0.0629 e. The molecule has 0 bridgehead atoms. The molecule has 1 heteroatoms. The van der Waals surface area contributed by atoms with Gasteiger partial charge in [-0.2, -0.15) is 0 Å². The SMILES string of the molecule is CC1=CC(c2ccccc2C=Nc2ccccc2)C(C)=C1. The first-order valence-electron chi connectivity index (χ1n) is 7.29. The van der Waals surface area contributed by atoms with Crippen LogP contribution in [0.25, 0.3) is 0 Å². The van der Waals surface area contributed by atoms with Crippen LogP contribution in [-0.4, -0.2) is 6.21 Å². The van der Waals surface area contributed by atoms with Crippen LogP contribution in [-0.2, 0) is 0 Å². The highest BCUT2D eigenvalue weighted by Crippen LogP contribution is 2.34. The summed E-state index contributed by atoms with van der Waals surface area (Å²) in [6, 6.07) is 18.6. The molecule has 0 N–H and O–H groups in total. The van der Waals surface area contributed by atoms with Crippen LogP contribution in [0.4, 0.5) is 5.69 Å². The highest BCUT2D eigenvalue weighted by molar-refractivity contribution is 5.84. The Morgan fingerprint density at radius 3 is 2.33 bits per heavy atom. The van der Waals surface area contributed by atoms with E-state index in [-0.39, 0.29) is 0 Å². The second-order valence-electron chi connectivity index (χ2n) is 5.50. The molecular weight excluding hydrogens is 254 g/mol. The molecule has 0 aliphatic heterocycles. The smallest absolute Gasteiger partial charge is 0.0629 e. The molecule has 1 unspecified atom stereocenters. The molecule has 3 rings (SSSR count). The lowest BCUT2D eigenvalue weighted by Crippen LogP contribution is -1.99. The molecule has 1 aliphatic rings. The molecule has 0 heterocycles. The molecule has 2 aromatic carbocycles. The third-order valence-corrected chi connectivity index (χ3v) is 3.82. The zero-order chi connectivity index (χ0) is 14.7. The number of nitrogens with zero attached hydrogens (tertiary/aromatic N) is 1. The molecule has 104 valence electrons. The van der Waals surface area contributed by atoms with Crippen molar-refractivity contribution in [3.63, 3.8) is 0 Å². The number of allylic oxidation sites excluding steroid dienone is 4. The van der Waals surface area contributed by atoms with Crippen LogP contribution in [0.2, 0.25) is 0 Å². The maximum atomic E-state index is 4.59. The number of benzene rings is 2. The molecule has 0 saturated heterocycles. The number of hydrogen-bond donors (Lipinski definition) is 0. The van der Waals surface area contributed by atoms with E-state index >= 15 is 0 Å². The van der Waals surface area contributed by atoms with Gasteiger partial charge in [-0.25, -0.2) is 0 Å². The summed E-state index contributed by atoms with van der Waals surface area (Å²) in [6.45, 7) is 4.35. The van der Waals surface area contributed by atoms with E-state index in [0.717, 1.165) is 5.69 Å². The van der Waals surface area contributed by atoms with Gasteiger partial charge in [0.05, 0.1) is 5.69 Å². The van der Waals surface area contributed by atoms with Gasteiger partial charge in [-0.15, -0.1) is 0 Å². The second kappa shape index (κ2) is 5.92. The molecule has 2 aromatic rings. The van der Waals surface area contributed by atoms with Gasteiger partial charge in [0.1, 0.15) is 0 Å². The fourth-order valence-corrected chi connectivity index (χ4v) is 2.80. The van der Waals surface area contributed by atoms with E-state index in [9.17, 15) is 0 Å². The van der Waals surface area contributed by atoms with Gasteiger partial charge in [0.15, 0.2) is 0 Å². The van der Waals surface area contributed by atoms with Crippen molar-refractivity contribution in [2.75, 3.05) is 0 Å². The van der Waals surface area contributed by atoms with Gasteiger partial charge in [-0.1, -0.05) is 65.8 Å². The van der Waals surface area contributed by atoms with E-state index in [1.165, 1.54) is 22.3 Å². The van der Waals surface area contributed by atoms with Gasteiger partial charge >= 0.3 is 0 Å². The molecule has 1 aliphatic carbocycles. The van der Waals surface area contributed by atoms with Crippen LogP contribution in [0.1, 0.15) is 30.9 Å². The van der Waals surface area contributed by atoms with Gasteiger partial charge in [0.2, 0.25) is 0 Å². The number of hydrogen-bond acceptors (Lipinski definition) is 1. The average molecular weight is 273 g/mol. The lowest BCUT2D eigenvalue weighted by Gasteiger charge is -2.13. The molecule has 1 atom stereocenters. The Morgan fingerprint density at radius 2 is 1.62 bits per heavy atom. The zero-order valence-corrected chi connectivity index (χ0v) is 12.5. The first-order valence-corrected chi connectivity index (χ1v) is 7.29. The molecule has 0 aromatic heterocycles. The lowest BCUT2D eigenvalue weighted by atomic mass is 9.91. The lowest BCUT2D eigenvalue weighted by molar-refractivity contribution is 1.01. The van der Waals surface area contributed by atoms with Gasteiger partial charge in [0.25, 0.3) is 0 Å². The number of rotatable bonds is 3. The second-order valence-corrected chi connectivity index (χ2v) is 5.50. The van der Waals surface area contributed by atoms with E-state index < -0.39 is 0 Å². The van der Waals surface area contributed by atoms with Gasteiger partial charge in [-0.05, 0) is 37.1 Å². The molecular formula is C20H19N. The van der Waals surface area contributed by atoms with Crippen LogP contribution in [0.5, 0.6) is 0 Å². The van der Waals surface area contributed by atoms with Crippen molar-refractivity contribution in [1.82, 2.24) is 0 Å². The molecule has 0 fully saturated rings. The fraction of sp³-hybridized carbons (Fsp3) is 0.150. The zero-order valence-electron chi connectivity index (χ0n) is 12.5. The highest BCUT2D eigenvalue weighted by Gasteiger charge is 2.17. The van der Waals surface area contributed by atoms with Crippen molar-refractivity contribution in [2.24, 2.45) is 4.99 Å². The quantitative estimate of drug-likeness (QED) is 0.661. The Kier molecular flexibility index (Phi) is 3.83. The van der Waals surface area contributed by atoms with Crippen molar-refractivity contribution in [3.05, 3.63) is 89.0 Å². The highest BCUT2D eigenvalue weighted by atomic mass is 14.7. The Bertz CT molecular complexity index is 721. The number of aliphatic imine (C=N–C) groups is 1. The standard InChI is InChI=1S/C20H19N/c1-15-12-16(2)20(13-15)19-11-7-6-8-17(19)14-21-18-9-4-3-5-10-18/h3-14,20H,1-2H3. The first kappa shape index (κ1) is 13.6. The van der Waals surface area contributed by atoms with E-state index in [0.29, 0.717) is 5.92 Å². The fourth-order valence-electron chi connectivity index (χ4n) is 2.80. The van der Waals surface area contributed by atoms with Crippen LogP contribution in [0.3, 0.4) is 0 Å². The van der Waals surface area contributed by atoms with Crippen LogP contribution >= 0.6 is 0 Å². The molecule has 0 spiro atoms. The summed E-state index contributed by atoms with van der Waals surface area (Å²) in [5.74, 6) is 0.378. The predicted molar refractivity (Wildman–Crippen MR) is 90.4 cm³/mol. The van der Waals surface area contributed by atoms with Crippen molar-refractivity contribution in [2.45, 2.75) is 19.8 Å². The first-order chi connectivity index (χ1) is 10.2. The Balaban J connectivity index is 1.94. The summed E-state index contributed by atoms with van der Waals surface area (Å²) in [5, 5.41) is 0. The average Bonchev–Trinajstić information content (AvgIpc) is 2.85. The normalized spacial score (nSPS) is 17.9. The van der Waals surface area contributed by atoms with Gasteiger partial charge in [0, 0.05) is 12.1 Å². The van der Waals surface area contributed by atoms with Gasteiger partial charge in [-0.3, -0.25) is 4.99 Å². The van der Waals surface area contributed by atoms with Crippen molar-refractivity contribution in [3.8, 4) is 0 Å². The van der Waals surface area contributed by atoms with Crippen molar-refractivity contribution >= 4 is 11.9 Å². The van der Waals surface area contributed by atoms with Gasteiger partial charge < -0.3 is 0 Å². The monoisotopic (exact) mass is 273 g/mol. The predicted octanol–water partition coefficient (Wildman–Crippen LogP) is 5.43. The van der Waals surface area contributed by atoms with Crippen LogP contribution in [0.15, 0.2) is 82.9 Å². The summed E-state index contributed by atoms with van der Waals surface area (Å²) in [4.78, 5) is 4.59. The van der Waals surface area contributed by atoms with E-state index in [1.54, 1.807) is 0 Å². The third-order valence-electron chi connectivity index (χ3n) is 3.82. The topological polar surface area (TPSA) is 12.4 Å².